The van der Waals surface area contributed by atoms with Gasteiger partial charge in [-0.3, -0.25) is 9.78 Å². The maximum atomic E-state index is 12.9. The Kier molecular flexibility index (Phi) is 4.22. The Morgan fingerprint density at radius 2 is 2.39 bits per heavy atom. The molecule has 5 nitrogen and oxygen atoms in total. The number of amides is 1. The van der Waals surface area contributed by atoms with E-state index in [4.69, 9.17) is 4.74 Å². The van der Waals surface area contributed by atoms with E-state index in [0.717, 1.165) is 12.7 Å². The van der Waals surface area contributed by atoms with E-state index in [-0.39, 0.29) is 17.9 Å². The summed E-state index contributed by atoms with van der Waals surface area (Å²) in [5.74, 6) is -0.905. The second-order valence-electron chi connectivity index (χ2n) is 4.19. The smallest absolute Gasteiger partial charge is 0.231 e. The molecule has 1 aromatic heterocycles. The monoisotopic (exact) mass is 253 g/mol. The molecule has 2 heterocycles. The van der Waals surface area contributed by atoms with E-state index in [0.29, 0.717) is 18.9 Å². The van der Waals surface area contributed by atoms with Gasteiger partial charge in [-0.05, 0) is 6.54 Å². The SMILES string of the molecule is CCNC1COCC1C(=O)Nc1cncc(F)c1. The standard InChI is InChI=1S/C12H16FN3O2/c1-2-15-11-7-18-6-10(11)12(17)16-9-3-8(13)4-14-5-9/h3-5,10-11,15H,2,6-7H2,1H3,(H,16,17). The van der Waals surface area contributed by atoms with Crippen molar-refractivity contribution in [3.63, 3.8) is 0 Å². The minimum atomic E-state index is -0.473. The molecule has 2 atom stereocenters. The Hall–Kier alpha value is -1.53. The van der Waals surface area contributed by atoms with Crippen LogP contribution in [0.3, 0.4) is 0 Å². The quantitative estimate of drug-likeness (QED) is 0.832. The fraction of sp³-hybridized carbons (Fsp3) is 0.500. The molecule has 1 amide bonds. The van der Waals surface area contributed by atoms with Gasteiger partial charge in [0.05, 0.1) is 37.2 Å². The van der Waals surface area contributed by atoms with Gasteiger partial charge in [0.1, 0.15) is 5.82 Å². The van der Waals surface area contributed by atoms with Gasteiger partial charge in [0, 0.05) is 12.1 Å². The number of nitrogens with zero attached hydrogens (tertiary/aromatic N) is 1. The molecule has 0 spiro atoms. The molecule has 6 heteroatoms. The normalized spacial score (nSPS) is 23.0. The Bertz CT molecular complexity index is 428. The number of aromatic nitrogens is 1. The Morgan fingerprint density at radius 1 is 1.56 bits per heavy atom. The van der Waals surface area contributed by atoms with Crippen molar-refractivity contribution in [1.29, 1.82) is 0 Å². The highest BCUT2D eigenvalue weighted by Gasteiger charge is 2.33. The van der Waals surface area contributed by atoms with Crippen molar-refractivity contribution in [2.75, 3.05) is 25.1 Å². The van der Waals surface area contributed by atoms with Crippen molar-refractivity contribution in [3.8, 4) is 0 Å². The second-order valence-corrected chi connectivity index (χ2v) is 4.19. The zero-order valence-electron chi connectivity index (χ0n) is 10.1. The van der Waals surface area contributed by atoms with Gasteiger partial charge in [-0.2, -0.15) is 0 Å². The average molecular weight is 253 g/mol. The predicted octanol–water partition coefficient (Wildman–Crippen LogP) is 0.784. The number of ether oxygens (including phenoxy) is 1. The molecule has 1 saturated heterocycles. The van der Waals surface area contributed by atoms with E-state index < -0.39 is 5.82 Å². The van der Waals surface area contributed by atoms with Gasteiger partial charge in [-0.1, -0.05) is 6.92 Å². The van der Waals surface area contributed by atoms with Crippen molar-refractivity contribution in [3.05, 3.63) is 24.3 Å². The van der Waals surface area contributed by atoms with E-state index >= 15 is 0 Å². The van der Waals surface area contributed by atoms with E-state index in [1.807, 2.05) is 6.92 Å². The summed E-state index contributed by atoms with van der Waals surface area (Å²) >= 11 is 0. The minimum Gasteiger partial charge on any atom is -0.379 e. The summed E-state index contributed by atoms with van der Waals surface area (Å²) in [6.45, 7) is 3.66. The van der Waals surface area contributed by atoms with Gasteiger partial charge in [0.2, 0.25) is 5.91 Å². The Morgan fingerprint density at radius 3 is 3.11 bits per heavy atom. The highest BCUT2D eigenvalue weighted by molar-refractivity contribution is 5.93. The highest BCUT2D eigenvalue weighted by Crippen LogP contribution is 2.16. The van der Waals surface area contributed by atoms with Crippen LogP contribution in [0.1, 0.15) is 6.92 Å². The van der Waals surface area contributed by atoms with Gasteiger partial charge in [0.25, 0.3) is 0 Å². The molecule has 0 aromatic carbocycles. The van der Waals surface area contributed by atoms with E-state index in [2.05, 4.69) is 15.6 Å². The molecule has 1 aliphatic heterocycles. The number of rotatable bonds is 4. The molecule has 1 aliphatic rings. The lowest BCUT2D eigenvalue weighted by Crippen LogP contribution is -2.41. The molecule has 1 fully saturated rings. The number of hydrogen-bond acceptors (Lipinski definition) is 4. The molecule has 2 N–H and O–H groups in total. The van der Waals surface area contributed by atoms with Crippen molar-refractivity contribution < 1.29 is 13.9 Å². The lowest BCUT2D eigenvalue weighted by molar-refractivity contribution is -0.120. The van der Waals surface area contributed by atoms with Crippen LogP contribution in [0.25, 0.3) is 0 Å². The zero-order valence-corrected chi connectivity index (χ0v) is 10.1. The number of carbonyl (C=O) groups is 1. The number of halogens is 1. The fourth-order valence-corrected chi connectivity index (χ4v) is 1.99. The second kappa shape index (κ2) is 5.88. The van der Waals surface area contributed by atoms with Crippen LogP contribution in [-0.2, 0) is 9.53 Å². The molecule has 0 radical (unpaired) electrons. The van der Waals surface area contributed by atoms with Crippen LogP contribution >= 0.6 is 0 Å². The number of pyridine rings is 1. The minimum absolute atomic E-state index is 0.0107. The number of carbonyl (C=O) groups excluding carboxylic acids is 1. The molecule has 1 aromatic rings. The molecular formula is C12H16FN3O2. The van der Waals surface area contributed by atoms with Crippen LogP contribution in [0.2, 0.25) is 0 Å². The van der Waals surface area contributed by atoms with Crippen LogP contribution in [-0.4, -0.2) is 36.7 Å². The van der Waals surface area contributed by atoms with Gasteiger partial charge in [-0.15, -0.1) is 0 Å². The third kappa shape index (κ3) is 3.02. The van der Waals surface area contributed by atoms with Crippen LogP contribution in [0, 0.1) is 11.7 Å². The number of likely N-dealkylation sites (N-methyl/N-ethyl adjacent to an activating group) is 1. The van der Waals surface area contributed by atoms with Gasteiger partial charge in [0.15, 0.2) is 0 Å². The number of hydrogen-bond donors (Lipinski definition) is 2. The maximum Gasteiger partial charge on any atom is 0.231 e. The summed E-state index contributed by atoms with van der Waals surface area (Å²) in [5.41, 5.74) is 0.363. The van der Waals surface area contributed by atoms with Crippen LogP contribution in [0.15, 0.2) is 18.5 Å². The van der Waals surface area contributed by atoms with Crippen molar-refractivity contribution in [1.82, 2.24) is 10.3 Å². The molecule has 18 heavy (non-hydrogen) atoms. The fourth-order valence-electron chi connectivity index (χ4n) is 1.99. The topological polar surface area (TPSA) is 63.2 Å². The molecule has 98 valence electrons. The first kappa shape index (κ1) is 12.9. The molecule has 0 saturated carbocycles. The van der Waals surface area contributed by atoms with E-state index in [9.17, 15) is 9.18 Å². The number of nitrogens with one attached hydrogen (secondary N) is 2. The molecule has 2 unspecified atom stereocenters. The van der Waals surface area contributed by atoms with E-state index in [1.54, 1.807) is 0 Å². The van der Waals surface area contributed by atoms with Crippen LogP contribution in [0.5, 0.6) is 0 Å². The molecule has 0 bridgehead atoms. The molecule has 2 rings (SSSR count). The summed E-state index contributed by atoms with van der Waals surface area (Å²) < 4.78 is 18.2. The maximum absolute atomic E-state index is 12.9. The summed E-state index contributed by atoms with van der Waals surface area (Å²) in [6, 6.07) is 1.25. The number of anilines is 1. The van der Waals surface area contributed by atoms with Crippen molar-refractivity contribution in [2.45, 2.75) is 13.0 Å². The largest absolute Gasteiger partial charge is 0.379 e. The molecule has 0 aliphatic carbocycles. The predicted molar refractivity (Wildman–Crippen MR) is 64.6 cm³/mol. The van der Waals surface area contributed by atoms with Crippen molar-refractivity contribution in [2.24, 2.45) is 5.92 Å². The Labute approximate surface area is 105 Å². The van der Waals surface area contributed by atoms with Gasteiger partial charge in [-0.25, -0.2) is 4.39 Å². The summed E-state index contributed by atoms with van der Waals surface area (Å²) in [4.78, 5) is 15.7. The third-order valence-corrected chi connectivity index (χ3v) is 2.86. The average Bonchev–Trinajstić information content (AvgIpc) is 2.78. The van der Waals surface area contributed by atoms with Gasteiger partial charge < -0.3 is 15.4 Å². The first-order valence-corrected chi connectivity index (χ1v) is 5.93. The first-order chi connectivity index (χ1) is 8.70. The van der Waals surface area contributed by atoms with E-state index in [1.165, 1.54) is 12.3 Å². The van der Waals surface area contributed by atoms with Crippen LogP contribution in [0.4, 0.5) is 10.1 Å². The lowest BCUT2D eigenvalue weighted by atomic mass is 10.0. The first-order valence-electron chi connectivity index (χ1n) is 5.93. The molecular weight excluding hydrogens is 237 g/mol. The highest BCUT2D eigenvalue weighted by atomic mass is 19.1. The summed E-state index contributed by atoms with van der Waals surface area (Å²) in [5, 5.41) is 5.85. The third-order valence-electron chi connectivity index (χ3n) is 2.86. The lowest BCUT2D eigenvalue weighted by Gasteiger charge is -2.17. The van der Waals surface area contributed by atoms with Gasteiger partial charge >= 0.3 is 0 Å². The Balaban J connectivity index is 1.99. The summed E-state index contributed by atoms with van der Waals surface area (Å²) in [7, 11) is 0. The van der Waals surface area contributed by atoms with Crippen molar-refractivity contribution >= 4 is 11.6 Å². The summed E-state index contributed by atoms with van der Waals surface area (Å²) in [6.07, 6.45) is 2.51. The zero-order chi connectivity index (χ0) is 13.0. The van der Waals surface area contributed by atoms with Crippen LogP contribution < -0.4 is 10.6 Å².